The van der Waals surface area contributed by atoms with Crippen LogP contribution in [-0.4, -0.2) is 44.2 Å². The molecule has 0 saturated carbocycles. The van der Waals surface area contributed by atoms with Crippen LogP contribution in [0.4, 0.5) is 10.8 Å². The van der Waals surface area contributed by atoms with Gasteiger partial charge in [-0.2, -0.15) is 0 Å². The number of hydrogen-bond donors (Lipinski definition) is 3. The molecule has 3 N–H and O–H groups in total. The first-order chi connectivity index (χ1) is 19.7. The minimum Gasteiger partial charge on any atom is -0.493 e. The monoisotopic (exact) mass is 578 g/mol. The molecule has 2 aromatic carbocycles. The summed E-state index contributed by atoms with van der Waals surface area (Å²) in [7, 11) is 4.66. The Balaban J connectivity index is 1.54. The maximum absolute atomic E-state index is 13.5. The van der Waals surface area contributed by atoms with Gasteiger partial charge >= 0.3 is 0 Å². The van der Waals surface area contributed by atoms with Gasteiger partial charge in [0.2, 0.25) is 23.0 Å². The Morgan fingerprint density at radius 3 is 2.51 bits per heavy atom. The Hall–Kier alpha value is -4.12. The van der Waals surface area contributed by atoms with Gasteiger partial charge in [0.05, 0.1) is 38.8 Å². The van der Waals surface area contributed by atoms with Gasteiger partial charge in [-0.3, -0.25) is 14.4 Å². The van der Waals surface area contributed by atoms with Crippen molar-refractivity contribution in [1.82, 2.24) is 10.3 Å². The Labute approximate surface area is 242 Å². The Morgan fingerprint density at radius 2 is 1.83 bits per heavy atom. The second-order valence-corrected chi connectivity index (χ2v) is 11.3. The van der Waals surface area contributed by atoms with Crippen molar-refractivity contribution in [2.75, 3.05) is 32.0 Å². The minimum absolute atomic E-state index is 0.204. The van der Waals surface area contributed by atoms with Crippen LogP contribution < -0.4 is 35.6 Å². The molecule has 0 fully saturated rings. The van der Waals surface area contributed by atoms with E-state index in [4.69, 9.17) is 14.2 Å². The molecule has 2 aliphatic carbocycles. The van der Waals surface area contributed by atoms with E-state index in [1.165, 1.54) is 29.2 Å². The van der Waals surface area contributed by atoms with E-state index in [-0.39, 0.29) is 22.9 Å². The number of carbonyl (C=O) groups excluding carboxylic acids is 2. The van der Waals surface area contributed by atoms with Crippen LogP contribution in [0.2, 0.25) is 0 Å². The highest BCUT2D eigenvalue weighted by Crippen LogP contribution is 2.50. The lowest BCUT2D eigenvalue weighted by molar-refractivity contribution is -0.119. The largest absolute Gasteiger partial charge is 0.493 e. The van der Waals surface area contributed by atoms with Crippen molar-refractivity contribution >= 4 is 34.0 Å². The average Bonchev–Trinajstić information content (AvgIpc) is 3.46. The lowest BCUT2D eigenvalue weighted by Gasteiger charge is -2.19. The summed E-state index contributed by atoms with van der Waals surface area (Å²) in [5.74, 6) is 0.945. The SMILES string of the molecule is COc1cc2c(c(OC)c1OC)-c1ccc(NC(C)C(=O)Nc3nc4c(s3)CCC4)c(=O)cc1C(NC(C)=O)CC2. The Kier molecular flexibility index (Phi) is 8.16. The zero-order valence-electron chi connectivity index (χ0n) is 23.8. The first kappa shape index (κ1) is 28.4. The van der Waals surface area contributed by atoms with Crippen LogP contribution in [0.25, 0.3) is 11.1 Å². The Bertz CT molecular complexity index is 1550. The highest BCUT2D eigenvalue weighted by atomic mass is 32.1. The molecule has 216 valence electrons. The summed E-state index contributed by atoms with van der Waals surface area (Å²) >= 11 is 1.50. The number of nitrogens with zero attached hydrogens (tertiary/aromatic N) is 1. The van der Waals surface area contributed by atoms with Gasteiger partial charge in [-0.1, -0.05) is 6.07 Å². The highest BCUT2D eigenvalue weighted by molar-refractivity contribution is 7.15. The third kappa shape index (κ3) is 5.58. The molecule has 0 radical (unpaired) electrons. The summed E-state index contributed by atoms with van der Waals surface area (Å²) in [6, 6.07) is 5.79. The van der Waals surface area contributed by atoms with Crippen LogP contribution in [0.1, 0.15) is 54.4 Å². The van der Waals surface area contributed by atoms with Gasteiger partial charge in [0, 0.05) is 17.4 Å². The van der Waals surface area contributed by atoms with Crippen LogP contribution >= 0.6 is 11.3 Å². The lowest BCUT2D eigenvalue weighted by Crippen LogP contribution is -2.33. The molecule has 5 rings (SSSR count). The molecule has 2 atom stereocenters. The summed E-state index contributed by atoms with van der Waals surface area (Å²) in [4.78, 5) is 44.4. The fourth-order valence-electron chi connectivity index (χ4n) is 5.58. The van der Waals surface area contributed by atoms with E-state index in [1.807, 2.05) is 12.1 Å². The third-order valence-corrected chi connectivity index (χ3v) is 8.58. The van der Waals surface area contributed by atoms with Gasteiger partial charge in [-0.25, -0.2) is 4.98 Å². The lowest BCUT2D eigenvalue weighted by atomic mass is 9.95. The molecule has 11 heteroatoms. The van der Waals surface area contributed by atoms with Gasteiger partial charge in [-0.05, 0) is 73.9 Å². The number of thiazole rings is 1. The maximum Gasteiger partial charge on any atom is 0.248 e. The highest BCUT2D eigenvalue weighted by Gasteiger charge is 2.30. The zero-order valence-corrected chi connectivity index (χ0v) is 24.6. The minimum atomic E-state index is -0.707. The van der Waals surface area contributed by atoms with Crippen molar-refractivity contribution < 1.29 is 23.8 Å². The number of benzene rings is 1. The van der Waals surface area contributed by atoms with Gasteiger partial charge < -0.3 is 30.2 Å². The van der Waals surface area contributed by atoms with E-state index in [9.17, 15) is 14.4 Å². The predicted octanol–water partition coefficient (Wildman–Crippen LogP) is 4.25. The van der Waals surface area contributed by atoms with E-state index < -0.39 is 12.1 Å². The molecular formula is C30H34N4O6S. The normalized spacial score (nSPS) is 15.9. The molecule has 0 aliphatic heterocycles. The summed E-state index contributed by atoms with van der Waals surface area (Å²) < 4.78 is 17.0. The fraction of sp³-hybridized carbons (Fsp3) is 0.400. The molecule has 41 heavy (non-hydrogen) atoms. The van der Waals surface area contributed by atoms with E-state index in [2.05, 4.69) is 20.9 Å². The van der Waals surface area contributed by atoms with Crippen molar-refractivity contribution in [3.63, 3.8) is 0 Å². The average molecular weight is 579 g/mol. The Morgan fingerprint density at radius 1 is 1.05 bits per heavy atom. The summed E-state index contributed by atoms with van der Waals surface area (Å²) in [6.07, 6.45) is 4.19. The summed E-state index contributed by atoms with van der Waals surface area (Å²) in [5, 5.41) is 9.53. The van der Waals surface area contributed by atoms with Gasteiger partial charge in [0.15, 0.2) is 16.6 Å². The van der Waals surface area contributed by atoms with Crippen LogP contribution in [0.5, 0.6) is 17.2 Å². The number of amides is 2. The van der Waals surface area contributed by atoms with Crippen molar-refractivity contribution in [1.29, 1.82) is 0 Å². The third-order valence-electron chi connectivity index (χ3n) is 7.51. The topological polar surface area (TPSA) is 128 Å². The molecular weight excluding hydrogens is 544 g/mol. The van der Waals surface area contributed by atoms with Gasteiger partial charge in [0.1, 0.15) is 6.04 Å². The van der Waals surface area contributed by atoms with Gasteiger partial charge in [0.25, 0.3) is 0 Å². The number of carbonyl (C=O) groups is 2. The summed E-state index contributed by atoms with van der Waals surface area (Å²) in [6.45, 7) is 3.15. The maximum atomic E-state index is 13.5. The number of aromatic nitrogens is 1. The van der Waals surface area contributed by atoms with Crippen molar-refractivity contribution in [3.05, 3.63) is 56.2 Å². The van der Waals surface area contributed by atoms with E-state index in [0.29, 0.717) is 46.3 Å². The number of aryl methyl sites for hydroxylation is 3. The number of hydrogen-bond acceptors (Lipinski definition) is 9. The number of rotatable bonds is 8. The number of ether oxygens (including phenoxy) is 3. The molecule has 2 unspecified atom stereocenters. The van der Waals surface area contributed by atoms with Crippen LogP contribution in [0.3, 0.4) is 0 Å². The molecule has 0 spiro atoms. The number of anilines is 2. The molecule has 1 heterocycles. The second kappa shape index (κ2) is 11.8. The van der Waals surface area contributed by atoms with Crippen molar-refractivity contribution in [2.45, 2.75) is 58.0 Å². The smallest absolute Gasteiger partial charge is 0.248 e. The van der Waals surface area contributed by atoms with E-state index >= 15 is 0 Å². The summed E-state index contributed by atoms with van der Waals surface area (Å²) in [5.41, 5.74) is 4.07. The van der Waals surface area contributed by atoms with Crippen LogP contribution in [0.15, 0.2) is 29.1 Å². The van der Waals surface area contributed by atoms with Crippen molar-refractivity contribution in [3.8, 4) is 28.4 Å². The second-order valence-electron chi connectivity index (χ2n) is 10.2. The quantitative estimate of drug-likeness (QED) is 0.362. The number of methoxy groups -OCH3 is 3. The molecule has 2 aliphatic rings. The van der Waals surface area contributed by atoms with Crippen LogP contribution in [0, 0.1) is 0 Å². The standard InChI is InChI=1S/C30H34N4O6S/c1-15(29(37)34-30-33-22-7-6-8-25(22)41-30)31-21-12-10-18-19(14-23(21)36)20(32-16(2)35)11-9-17-13-24(38-3)27(39-4)28(40-5)26(17)18/h10,12-15,20H,6-9,11H2,1-5H3,(H,31,36)(H,32,35)(H,33,34,37). The predicted molar refractivity (Wildman–Crippen MR) is 159 cm³/mol. The van der Waals surface area contributed by atoms with Crippen LogP contribution in [-0.2, 0) is 28.9 Å². The first-order valence-electron chi connectivity index (χ1n) is 13.6. The van der Waals surface area contributed by atoms with Crippen molar-refractivity contribution in [2.24, 2.45) is 0 Å². The van der Waals surface area contributed by atoms with E-state index in [1.54, 1.807) is 34.3 Å². The molecule has 2 amide bonds. The number of nitrogens with one attached hydrogen (secondary N) is 3. The zero-order chi connectivity index (χ0) is 29.3. The van der Waals surface area contributed by atoms with E-state index in [0.717, 1.165) is 36.1 Å². The number of fused-ring (bicyclic) bond motifs is 4. The molecule has 10 nitrogen and oxygen atoms in total. The van der Waals surface area contributed by atoms with Gasteiger partial charge in [-0.15, -0.1) is 11.3 Å². The molecule has 3 aromatic rings. The first-order valence-corrected chi connectivity index (χ1v) is 14.4. The molecule has 0 saturated heterocycles. The molecule has 1 aromatic heterocycles. The molecule has 0 bridgehead atoms. The fourth-order valence-corrected chi connectivity index (χ4v) is 6.64.